The van der Waals surface area contributed by atoms with Crippen LogP contribution in [0.3, 0.4) is 0 Å². The Morgan fingerprint density at radius 3 is 2.45 bits per heavy atom. The highest BCUT2D eigenvalue weighted by atomic mass is 15.3. The molecular formula is C15H25N5. The van der Waals surface area contributed by atoms with Gasteiger partial charge in [-0.2, -0.15) is 0 Å². The lowest BCUT2D eigenvalue weighted by molar-refractivity contribution is 0.101. The zero-order chi connectivity index (χ0) is 13.8. The topological polar surface area (TPSA) is 58.3 Å². The Morgan fingerprint density at radius 2 is 1.75 bits per heavy atom. The fraction of sp³-hybridized carbons (Fsp3) is 0.733. The van der Waals surface area contributed by atoms with Gasteiger partial charge in [0.25, 0.3) is 0 Å². The fourth-order valence-electron chi connectivity index (χ4n) is 3.65. The molecule has 2 unspecified atom stereocenters. The first-order chi connectivity index (χ1) is 9.88. The van der Waals surface area contributed by atoms with E-state index in [0.717, 1.165) is 38.7 Å². The number of aromatic nitrogens is 2. The molecule has 2 heterocycles. The van der Waals surface area contributed by atoms with Crippen LogP contribution in [0.4, 0.5) is 5.95 Å². The molecule has 5 nitrogen and oxygen atoms in total. The highest BCUT2D eigenvalue weighted by molar-refractivity contribution is 5.29. The predicted octanol–water partition coefficient (Wildman–Crippen LogP) is 1.12. The van der Waals surface area contributed by atoms with Crippen LogP contribution in [-0.2, 0) is 0 Å². The molecule has 5 heteroatoms. The van der Waals surface area contributed by atoms with Crippen molar-refractivity contribution in [2.24, 2.45) is 11.7 Å². The van der Waals surface area contributed by atoms with Gasteiger partial charge in [-0.05, 0) is 31.4 Å². The van der Waals surface area contributed by atoms with Crippen LogP contribution in [0.5, 0.6) is 0 Å². The maximum absolute atomic E-state index is 5.96. The molecular weight excluding hydrogens is 250 g/mol. The third kappa shape index (κ3) is 2.94. The minimum Gasteiger partial charge on any atom is -0.338 e. The second kappa shape index (κ2) is 6.50. The smallest absolute Gasteiger partial charge is 0.225 e. The fourth-order valence-corrected chi connectivity index (χ4v) is 3.65. The first-order valence-electron chi connectivity index (χ1n) is 7.84. The van der Waals surface area contributed by atoms with E-state index in [1.54, 1.807) is 0 Å². The van der Waals surface area contributed by atoms with E-state index >= 15 is 0 Å². The maximum atomic E-state index is 5.96. The average molecular weight is 275 g/mol. The van der Waals surface area contributed by atoms with Gasteiger partial charge in [-0.3, -0.25) is 4.90 Å². The van der Waals surface area contributed by atoms with Crippen molar-refractivity contribution in [1.82, 2.24) is 14.9 Å². The molecule has 1 aliphatic carbocycles. The summed E-state index contributed by atoms with van der Waals surface area (Å²) in [5, 5.41) is 0. The van der Waals surface area contributed by atoms with Gasteiger partial charge in [0.2, 0.25) is 5.95 Å². The summed E-state index contributed by atoms with van der Waals surface area (Å²) in [6.45, 7) is 5.11. The van der Waals surface area contributed by atoms with E-state index in [4.69, 9.17) is 5.73 Å². The Balaban J connectivity index is 1.58. The zero-order valence-corrected chi connectivity index (χ0v) is 12.1. The number of rotatable bonds is 3. The second-order valence-electron chi connectivity index (χ2n) is 5.92. The molecule has 1 saturated carbocycles. The molecule has 3 rings (SSSR count). The van der Waals surface area contributed by atoms with E-state index in [-0.39, 0.29) is 0 Å². The molecule has 20 heavy (non-hydrogen) atoms. The molecule has 110 valence electrons. The Bertz CT molecular complexity index is 402. The SMILES string of the molecule is NCC1CCCCC1N1CCN(c2ncccn2)CC1. The normalized spacial score (nSPS) is 28.6. The molecule has 0 aromatic carbocycles. The Hall–Kier alpha value is -1.20. The summed E-state index contributed by atoms with van der Waals surface area (Å²) in [5.41, 5.74) is 5.96. The lowest BCUT2D eigenvalue weighted by atomic mass is 9.83. The zero-order valence-electron chi connectivity index (χ0n) is 12.1. The highest BCUT2D eigenvalue weighted by Crippen LogP contribution is 2.28. The van der Waals surface area contributed by atoms with E-state index in [1.807, 2.05) is 18.5 Å². The minimum atomic E-state index is 0.697. The van der Waals surface area contributed by atoms with Crippen LogP contribution in [0, 0.1) is 5.92 Å². The van der Waals surface area contributed by atoms with Gasteiger partial charge < -0.3 is 10.6 Å². The molecule has 1 aliphatic heterocycles. The van der Waals surface area contributed by atoms with Crippen molar-refractivity contribution >= 4 is 5.95 Å². The standard InChI is InChI=1S/C15H25N5/c16-12-13-4-1-2-5-14(13)19-8-10-20(11-9-19)15-17-6-3-7-18-15/h3,6-7,13-14H,1-2,4-5,8-12,16H2. The van der Waals surface area contributed by atoms with E-state index in [2.05, 4.69) is 19.8 Å². The molecule has 0 radical (unpaired) electrons. The van der Waals surface area contributed by atoms with Crippen LogP contribution in [0.15, 0.2) is 18.5 Å². The van der Waals surface area contributed by atoms with Crippen molar-refractivity contribution in [2.45, 2.75) is 31.7 Å². The first kappa shape index (κ1) is 13.8. The van der Waals surface area contributed by atoms with Crippen LogP contribution in [-0.4, -0.2) is 53.6 Å². The largest absolute Gasteiger partial charge is 0.338 e. The second-order valence-corrected chi connectivity index (χ2v) is 5.92. The van der Waals surface area contributed by atoms with E-state index in [0.29, 0.717) is 12.0 Å². The van der Waals surface area contributed by atoms with Gasteiger partial charge in [0, 0.05) is 44.6 Å². The summed E-state index contributed by atoms with van der Waals surface area (Å²) < 4.78 is 0. The number of piperazine rings is 1. The number of hydrogen-bond donors (Lipinski definition) is 1. The molecule has 2 aliphatic rings. The minimum absolute atomic E-state index is 0.697. The number of nitrogens with zero attached hydrogens (tertiary/aromatic N) is 4. The van der Waals surface area contributed by atoms with Gasteiger partial charge in [-0.1, -0.05) is 12.8 Å². The van der Waals surface area contributed by atoms with Gasteiger partial charge in [0.05, 0.1) is 0 Å². The molecule has 1 saturated heterocycles. The summed E-state index contributed by atoms with van der Waals surface area (Å²) in [5.74, 6) is 1.56. The van der Waals surface area contributed by atoms with Gasteiger partial charge in [0.15, 0.2) is 0 Å². The van der Waals surface area contributed by atoms with Crippen molar-refractivity contribution in [1.29, 1.82) is 0 Å². The summed E-state index contributed by atoms with van der Waals surface area (Å²) in [6, 6.07) is 2.57. The van der Waals surface area contributed by atoms with Gasteiger partial charge in [0.1, 0.15) is 0 Å². The average Bonchev–Trinajstić information content (AvgIpc) is 2.56. The molecule has 2 N–H and O–H groups in total. The summed E-state index contributed by atoms with van der Waals surface area (Å²) in [4.78, 5) is 13.6. The quantitative estimate of drug-likeness (QED) is 0.895. The highest BCUT2D eigenvalue weighted by Gasteiger charge is 2.31. The van der Waals surface area contributed by atoms with Crippen molar-refractivity contribution in [3.8, 4) is 0 Å². The van der Waals surface area contributed by atoms with Crippen LogP contribution in [0.1, 0.15) is 25.7 Å². The molecule has 2 fully saturated rings. The Morgan fingerprint density at radius 1 is 1.05 bits per heavy atom. The third-order valence-electron chi connectivity index (χ3n) is 4.79. The van der Waals surface area contributed by atoms with E-state index < -0.39 is 0 Å². The summed E-state index contributed by atoms with van der Waals surface area (Å²) >= 11 is 0. The lowest BCUT2D eigenvalue weighted by Gasteiger charge is -2.44. The molecule has 0 amide bonds. The predicted molar refractivity (Wildman–Crippen MR) is 80.6 cm³/mol. The Kier molecular flexibility index (Phi) is 4.47. The number of anilines is 1. The number of nitrogens with two attached hydrogens (primary N) is 1. The van der Waals surface area contributed by atoms with Crippen LogP contribution < -0.4 is 10.6 Å². The third-order valence-corrected chi connectivity index (χ3v) is 4.79. The van der Waals surface area contributed by atoms with Crippen LogP contribution in [0.2, 0.25) is 0 Å². The van der Waals surface area contributed by atoms with Crippen LogP contribution >= 0.6 is 0 Å². The monoisotopic (exact) mass is 275 g/mol. The molecule has 0 bridgehead atoms. The van der Waals surface area contributed by atoms with Gasteiger partial charge in [-0.15, -0.1) is 0 Å². The summed E-state index contributed by atoms with van der Waals surface area (Å²) in [6.07, 6.45) is 8.99. The number of hydrogen-bond acceptors (Lipinski definition) is 5. The lowest BCUT2D eigenvalue weighted by Crippen LogP contribution is -2.54. The van der Waals surface area contributed by atoms with Crippen molar-refractivity contribution in [3.63, 3.8) is 0 Å². The van der Waals surface area contributed by atoms with E-state index in [1.165, 1.54) is 25.7 Å². The van der Waals surface area contributed by atoms with E-state index in [9.17, 15) is 0 Å². The maximum Gasteiger partial charge on any atom is 0.225 e. The molecule has 0 spiro atoms. The molecule has 2 atom stereocenters. The van der Waals surface area contributed by atoms with Crippen molar-refractivity contribution in [2.75, 3.05) is 37.6 Å². The molecule has 1 aromatic rings. The van der Waals surface area contributed by atoms with Gasteiger partial charge in [-0.25, -0.2) is 9.97 Å². The molecule has 1 aromatic heterocycles. The Labute approximate surface area is 121 Å². The first-order valence-corrected chi connectivity index (χ1v) is 7.84. The van der Waals surface area contributed by atoms with Crippen LogP contribution in [0.25, 0.3) is 0 Å². The summed E-state index contributed by atoms with van der Waals surface area (Å²) in [7, 11) is 0. The van der Waals surface area contributed by atoms with Crippen molar-refractivity contribution in [3.05, 3.63) is 18.5 Å². The van der Waals surface area contributed by atoms with Crippen molar-refractivity contribution < 1.29 is 0 Å². The van der Waals surface area contributed by atoms with Gasteiger partial charge >= 0.3 is 0 Å².